The minimum absolute atomic E-state index is 0.0731. The number of hydrogen-bond acceptors (Lipinski definition) is 5. The Morgan fingerprint density at radius 1 is 1.16 bits per heavy atom. The van der Waals surface area contributed by atoms with Gasteiger partial charge in [-0.3, -0.25) is 19.2 Å². The van der Waals surface area contributed by atoms with Crippen LogP contribution in [0.1, 0.15) is 29.8 Å². The smallest absolute Gasteiger partial charge is 0.271 e. The van der Waals surface area contributed by atoms with Gasteiger partial charge in [-0.05, 0) is 61.1 Å². The number of carbonyl (C=O) groups is 4. The molecule has 0 spiro atoms. The van der Waals surface area contributed by atoms with Crippen LogP contribution in [0.4, 0.5) is 0 Å². The van der Waals surface area contributed by atoms with Gasteiger partial charge in [0, 0.05) is 34.9 Å². The van der Waals surface area contributed by atoms with E-state index in [-0.39, 0.29) is 36.0 Å². The van der Waals surface area contributed by atoms with Crippen molar-refractivity contribution in [3.63, 3.8) is 0 Å². The molecule has 4 N–H and O–H groups in total. The number of allylic oxidation sites excluding steroid dienone is 2. The van der Waals surface area contributed by atoms with Gasteiger partial charge in [-0.2, -0.15) is 0 Å². The number of H-pyrrole nitrogens is 1. The molecule has 6 rings (SSSR count). The van der Waals surface area contributed by atoms with Gasteiger partial charge in [-0.1, -0.05) is 35.4 Å². The molecule has 2 saturated heterocycles. The van der Waals surface area contributed by atoms with Crippen molar-refractivity contribution in [1.29, 1.82) is 0 Å². The molecular formula is C27H28Cl2N4O5. The van der Waals surface area contributed by atoms with Crippen molar-refractivity contribution in [2.45, 2.75) is 31.3 Å². The highest BCUT2D eigenvalue weighted by Gasteiger charge is 2.58. The van der Waals surface area contributed by atoms with E-state index < -0.39 is 36.3 Å². The average Bonchev–Trinajstić information content (AvgIpc) is 3.69. The highest BCUT2D eigenvalue weighted by Crippen LogP contribution is 2.54. The Morgan fingerprint density at radius 3 is 2.68 bits per heavy atom. The summed E-state index contributed by atoms with van der Waals surface area (Å²) in [5.41, 5.74) is 0.921. The fraction of sp³-hybridized carbons (Fsp3) is 0.481. The van der Waals surface area contributed by atoms with Crippen LogP contribution in [0.15, 0.2) is 30.4 Å². The summed E-state index contributed by atoms with van der Waals surface area (Å²) in [7, 11) is 0. The first-order valence-electron chi connectivity index (χ1n) is 12.9. The highest BCUT2D eigenvalue weighted by molar-refractivity contribution is 6.38. The third kappa shape index (κ3) is 4.21. The first-order chi connectivity index (χ1) is 18.2. The molecule has 3 amide bonds. The number of rotatable bonds is 7. The number of Topliss-reactive ketones (excluding diaryl/α,β-unsaturated/α-hetero) is 1. The second-order valence-corrected chi connectivity index (χ2v) is 11.7. The molecule has 1 aromatic heterocycles. The summed E-state index contributed by atoms with van der Waals surface area (Å²) in [6, 6.07) is 3.17. The van der Waals surface area contributed by atoms with E-state index in [0.29, 0.717) is 52.1 Å². The summed E-state index contributed by atoms with van der Waals surface area (Å²) in [6.07, 6.45) is 5.92. The largest absolute Gasteiger partial charge is 0.389 e. The number of likely N-dealkylation sites (tertiary alicyclic amines) is 1. The highest BCUT2D eigenvalue weighted by atomic mass is 35.5. The number of nitrogens with zero attached hydrogens (tertiary/aromatic N) is 1. The lowest BCUT2D eigenvalue weighted by atomic mass is 9.81. The summed E-state index contributed by atoms with van der Waals surface area (Å²) < 4.78 is 0. The van der Waals surface area contributed by atoms with Crippen LogP contribution in [0.5, 0.6) is 0 Å². The number of aromatic amines is 1. The Labute approximate surface area is 228 Å². The van der Waals surface area contributed by atoms with E-state index in [4.69, 9.17) is 23.2 Å². The zero-order valence-electron chi connectivity index (χ0n) is 20.5. The Kier molecular flexibility index (Phi) is 6.48. The lowest BCUT2D eigenvalue weighted by Crippen LogP contribution is -2.54. The predicted octanol–water partition coefficient (Wildman–Crippen LogP) is 2.31. The summed E-state index contributed by atoms with van der Waals surface area (Å²) in [4.78, 5) is 57.1. The number of ketones is 1. The number of nitrogens with one attached hydrogen (secondary N) is 3. The number of halogens is 2. The normalized spacial score (nSPS) is 30.1. The number of aliphatic hydroxyl groups is 1. The van der Waals surface area contributed by atoms with Crippen LogP contribution in [0.25, 0.3) is 10.9 Å². The molecule has 200 valence electrons. The lowest BCUT2D eigenvalue weighted by Gasteiger charge is -2.30. The topological polar surface area (TPSA) is 132 Å². The minimum Gasteiger partial charge on any atom is -0.389 e. The number of aliphatic hydroxyl groups excluding tert-OH is 1. The van der Waals surface area contributed by atoms with Crippen molar-refractivity contribution in [3.05, 3.63) is 46.1 Å². The van der Waals surface area contributed by atoms with Gasteiger partial charge < -0.3 is 25.6 Å². The Balaban J connectivity index is 1.30. The quantitative estimate of drug-likeness (QED) is 0.387. The first-order valence-corrected chi connectivity index (χ1v) is 13.7. The summed E-state index contributed by atoms with van der Waals surface area (Å²) in [5.74, 6) is -1.37. The van der Waals surface area contributed by atoms with E-state index in [0.717, 1.165) is 6.42 Å². The maximum absolute atomic E-state index is 13.9. The standard InChI is InChI=1S/C27H28Cl2N4O5/c28-15-7-18(29)16-9-21(31-19(16)8-15)27(38)33-10-17-12-1-2-13(5-12)23(17)24(33)26(37)32-20(22(35)11-34)6-14-3-4-30-25(14)36/h1-2,7-9,12-14,17,20,23-24,31,34H,3-6,10-11H2,(H,30,36)(H,32,37)/t12-,13+,14+,17-,20+,23+,24+/m1/s1. The zero-order valence-corrected chi connectivity index (χ0v) is 22.0. The first kappa shape index (κ1) is 25.4. The van der Waals surface area contributed by atoms with Crippen molar-refractivity contribution in [3.8, 4) is 0 Å². The van der Waals surface area contributed by atoms with E-state index in [1.807, 2.05) is 0 Å². The molecule has 11 heteroatoms. The van der Waals surface area contributed by atoms with Crippen LogP contribution in [-0.4, -0.2) is 70.3 Å². The van der Waals surface area contributed by atoms with Crippen molar-refractivity contribution in [2.24, 2.45) is 29.6 Å². The maximum atomic E-state index is 13.9. The molecule has 0 unspecified atom stereocenters. The van der Waals surface area contributed by atoms with E-state index in [1.165, 1.54) is 0 Å². The second kappa shape index (κ2) is 9.70. The molecule has 38 heavy (non-hydrogen) atoms. The Morgan fingerprint density at radius 2 is 1.95 bits per heavy atom. The molecule has 2 aliphatic carbocycles. The predicted molar refractivity (Wildman–Crippen MR) is 141 cm³/mol. The molecule has 1 saturated carbocycles. The number of hydrogen-bond donors (Lipinski definition) is 4. The maximum Gasteiger partial charge on any atom is 0.271 e. The van der Waals surface area contributed by atoms with Crippen molar-refractivity contribution >= 4 is 57.6 Å². The van der Waals surface area contributed by atoms with Gasteiger partial charge in [-0.25, -0.2) is 0 Å². The monoisotopic (exact) mass is 558 g/mol. The molecule has 1 aromatic carbocycles. The molecule has 2 aliphatic heterocycles. The van der Waals surface area contributed by atoms with E-state index in [2.05, 4.69) is 27.8 Å². The van der Waals surface area contributed by atoms with Gasteiger partial charge in [0.1, 0.15) is 18.3 Å². The Bertz CT molecular complexity index is 1370. The van der Waals surface area contributed by atoms with Gasteiger partial charge in [0.25, 0.3) is 5.91 Å². The lowest BCUT2D eigenvalue weighted by molar-refractivity contribution is -0.133. The molecule has 4 aliphatic rings. The molecule has 2 bridgehead atoms. The minimum atomic E-state index is -1.01. The number of aromatic nitrogens is 1. The number of amides is 3. The number of fused-ring (bicyclic) bond motifs is 6. The molecule has 3 fully saturated rings. The fourth-order valence-electron chi connectivity index (χ4n) is 6.99. The molecule has 2 aromatic rings. The molecule has 7 atom stereocenters. The SMILES string of the molecule is O=C1NCC[C@H]1C[C@H](NC(=O)[C@@H]1[C@@H]2[C@H](CN1C(=O)c1cc3c(Cl)cc(Cl)cc3[nH]1)[C@@H]1C=C[C@H]2C1)C(=O)CO. The van der Waals surface area contributed by atoms with E-state index >= 15 is 0 Å². The summed E-state index contributed by atoms with van der Waals surface area (Å²) in [6.45, 7) is 0.187. The van der Waals surface area contributed by atoms with Crippen LogP contribution in [-0.2, 0) is 14.4 Å². The third-order valence-electron chi connectivity index (χ3n) is 8.75. The van der Waals surface area contributed by atoms with Crippen molar-refractivity contribution < 1.29 is 24.3 Å². The Hall–Kier alpha value is -2.88. The number of carbonyl (C=O) groups excluding carboxylic acids is 4. The molecule has 0 radical (unpaired) electrons. The van der Waals surface area contributed by atoms with Gasteiger partial charge >= 0.3 is 0 Å². The van der Waals surface area contributed by atoms with E-state index in [9.17, 15) is 24.3 Å². The van der Waals surface area contributed by atoms with Gasteiger partial charge in [0.05, 0.1) is 11.1 Å². The fourth-order valence-corrected chi connectivity index (χ4v) is 7.53. The van der Waals surface area contributed by atoms with Gasteiger partial charge in [0.15, 0.2) is 5.78 Å². The van der Waals surface area contributed by atoms with Crippen LogP contribution in [0.3, 0.4) is 0 Å². The summed E-state index contributed by atoms with van der Waals surface area (Å²) in [5, 5.41) is 16.6. The van der Waals surface area contributed by atoms with Crippen LogP contribution < -0.4 is 10.6 Å². The molecule has 3 heterocycles. The second-order valence-electron chi connectivity index (χ2n) is 10.8. The third-order valence-corrected chi connectivity index (χ3v) is 9.28. The molecular weight excluding hydrogens is 531 g/mol. The van der Waals surface area contributed by atoms with Crippen LogP contribution >= 0.6 is 23.2 Å². The van der Waals surface area contributed by atoms with Crippen LogP contribution in [0.2, 0.25) is 10.0 Å². The van der Waals surface area contributed by atoms with Gasteiger partial charge in [0.2, 0.25) is 11.8 Å². The molecule has 9 nitrogen and oxygen atoms in total. The van der Waals surface area contributed by atoms with Crippen molar-refractivity contribution in [1.82, 2.24) is 20.5 Å². The zero-order chi connectivity index (χ0) is 26.7. The van der Waals surface area contributed by atoms with Crippen molar-refractivity contribution in [2.75, 3.05) is 19.7 Å². The number of benzene rings is 1. The van der Waals surface area contributed by atoms with E-state index in [1.54, 1.807) is 23.1 Å². The average molecular weight is 559 g/mol. The summed E-state index contributed by atoms with van der Waals surface area (Å²) >= 11 is 12.5. The van der Waals surface area contributed by atoms with Crippen LogP contribution in [0, 0.1) is 29.6 Å². The van der Waals surface area contributed by atoms with Gasteiger partial charge in [-0.15, -0.1) is 0 Å².